The quantitative estimate of drug-likeness (QED) is 0.626. The van der Waals surface area contributed by atoms with E-state index in [1.165, 1.54) is 5.01 Å². The number of fused-ring (bicyclic) bond motifs is 2. The molecule has 2 heterocycles. The first-order valence-corrected chi connectivity index (χ1v) is 9.54. The predicted octanol–water partition coefficient (Wildman–Crippen LogP) is 3.64. The van der Waals surface area contributed by atoms with E-state index in [1.54, 1.807) is 0 Å². The van der Waals surface area contributed by atoms with Crippen molar-refractivity contribution < 1.29 is 14.3 Å². The zero-order valence-electron chi connectivity index (χ0n) is 16.1. The van der Waals surface area contributed by atoms with E-state index >= 15 is 0 Å². The number of rotatable bonds is 4. The van der Waals surface area contributed by atoms with Crippen LogP contribution < -0.4 is 20.5 Å². The molecule has 0 bridgehead atoms. The Morgan fingerprint density at radius 1 is 1.25 bits per heavy atom. The normalized spacial score (nSPS) is 17.1. The number of hydrogen-bond acceptors (Lipinski definition) is 5. The Morgan fingerprint density at radius 2 is 1.96 bits per heavy atom. The molecular weight excluding hydrogens is 356 g/mol. The van der Waals surface area contributed by atoms with E-state index < -0.39 is 0 Å². The van der Waals surface area contributed by atoms with Gasteiger partial charge in [0, 0.05) is 23.4 Å². The molecule has 0 saturated heterocycles. The highest BCUT2D eigenvalue weighted by Gasteiger charge is 2.33. The maximum atomic E-state index is 12.8. The summed E-state index contributed by atoms with van der Waals surface area (Å²) in [6, 6.07) is 10.9. The Hall–Kier alpha value is -3.22. The number of urea groups is 1. The Balaban J connectivity index is 1.77. The molecule has 7 nitrogen and oxygen atoms in total. The summed E-state index contributed by atoms with van der Waals surface area (Å²) in [6.45, 7) is 4.87. The second-order valence-corrected chi connectivity index (χ2v) is 6.97. The summed E-state index contributed by atoms with van der Waals surface area (Å²) in [6.07, 6.45) is 1.94. The number of amides is 2. The van der Waals surface area contributed by atoms with Gasteiger partial charge in [0.1, 0.15) is 0 Å². The number of nitrogens with two attached hydrogens (primary N) is 1. The topological polar surface area (TPSA) is 89.2 Å². The summed E-state index contributed by atoms with van der Waals surface area (Å²) in [7, 11) is 0. The van der Waals surface area contributed by atoms with Crippen LogP contribution in [0.3, 0.4) is 0 Å². The van der Waals surface area contributed by atoms with Crippen LogP contribution in [0.5, 0.6) is 11.5 Å². The fraction of sp³-hybridized carbons (Fsp3) is 0.333. The number of carbonyl (C=O) groups is 1. The summed E-state index contributed by atoms with van der Waals surface area (Å²) < 4.78 is 11.1. The van der Waals surface area contributed by atoms with Gasteiger partial charge in [0.15, 0.2) is 11.5 Å². The van der Waals surface area contributed by atoms with Crippen molar-refractivity contribution in [2.24, 2.45) is 5.10 Å². The molecule has 0 aromatic heterocycles. The summed E-state index contributed by atoms with van der Waals surface area (Å²) in [5, 5.41) is 9.17. The molecule has 28 heavy (non-hydrogen) atoms. The molecule has 2 aliphatic rings. The third-order valence-electron chi connectivity index (χ3n) is 5.02. The zero-order valence-corrected chi connectivity index (χ0v) is 16.1. The average Bonchev–Trinajstić information content (AvgIpc) is 3.15. The fourth-order valence-corrected chi connectivity index (χ4v) is 3.42. The van der Waals surface area contributed by atoms with Gasteiger partial charge < -0.3 is 20.5 Å². The number of carbonyl (C=O) groups excluding carboxylic acids is 1. The van der Waals surface area contributed by atoms with Crippen LogP contribution in [0.15, 0.2) is 41.5 Å². The third kappa shape index (κ3) is 3.24. The lowest BCUT2D eigenvalue weighted by Gasteiger charge is -2.32. The maximum absolute atomic E-state index is 12.8. The number of nitrogens with one attached hydrogen (secondary N) is 1. The van der Waals surface area contributed by atoms with E-state index in [1.807, 2.05) is 43.3 Å². The molecule has 2 aromatic rings. The van der Waals surface area contributed by atoms with Crippen LogP contribution in [0, 0.1) is 0 Å². The van der Waals surface area contributed by atoms with E-state index in [-0.39, 0.29) is 18.9 Å². The van der Waals surface area contributed by atoms with E-state index in [0.29, 0.717) is 29.4 Å². The van der Waals surface area contributed by atoms with Crippen molar-refractivity contribution in [3.8, 4) is 11.5 Å². The first-order valence-electron chi connectivity index (χ1n) is 9.54. The molecule has 0 spiro atoms. The molecule has 146 valence electrons. The van der Waals surface area contributed by atoms with Crippen molar-refractivity contribution in [2.45, 2.75) is 32.7 Å². The van der Waals surface area contributed by atoms with Crippen molar-refractivity contribution in [3.05, 3.63) is 53.1 Å². The molecule has 2 aliphatic heterocycles. The SMILES string of the molecule is CCCCNC(=O)N1N=C(c2ccc(N)cc2)c2cc3c(cc2C1C)OCO3. The second kappa shape index (κ2) is 7.42. The Morgan fingerprint density at radius 3 is 2.68 bits per heavy atom. The van der Waals surface area contributed by atoms with Gasteiger partial charge in [0.05, 0.1) is 11.8 Å². The number of nitrogens with zero attached hydrogens (tertiary/aromatic N) is 2. The van der Waals surface area contributed by atoms with Gasteiger partial charge >= 0.3 is 6.03 Å². The molecule has 0 fully saturated rings. The Labute approximate surface area is 164 Å². The number of benzene rings is 2. The van der Waals surface area contributed by atoms with Gasteiger partial charge in [-0.3, -0.25) is 0 Å². The maximum Gasteiger partial charge on any atom is 0.338 e. The van der Waals surface area contributed by atoms with Crippen LogP contribution >= 0.6 is 0 Å². The monoisotopic (exact) mass is 380 g/mol. The van der Waals surface area contributed by atoms with Gasteiger partial charge in [0.2, 0.25) is 6.79 Å². The van der Waals surface area contributed by atoms with Crippen molar-refractivity contribution in [2.75, 3.05) is 19.1 Å². The number of hydrazone groups is 1. The van der Waals surface area contributed by atoms with Crippen LogP contribution in [-0.2, 0) is 0 Å². The van der Waals surface area contributed by atoms with Gasteiger partial charge in [-0.2, -0.15) is 5.10 Å². The zero-order chi connectivity index (χ0) is 19.7. The number of nitrogen functional groups attached to an aromatic ring is 1. The van der Waals surface area contributed by atoms with Crippen molar-refractivity contribution in [1.29, 1.82) is 0 Å². The molecule has 1 unspecified atom stereocenters. The van der Waals surface area contributed by atoms with E-state index in [4.69, 9.17) is 20.3 Å². The lowest BCUT2D eigenvalue weighted by Crippen LogP contribution is -2.41. The van der Waals surface area contributed by atoms with Gasteiger partial charge in [-0.05, 0) is 43.2 Å². The fourth-order valence-electron chi connectivity index (χ4n) is 3.42. The molecule has 0 radical (unpaired) electrons. The number of hydrogen-bond donors (Lipinski definition) is 2. The van der Waals surface area contributed by atoms with Crippen LogP contribution in [0.25, 0.3) is 0 Å². The van der Waals surface area contributed by atoms with Gasteiger partial charge in [0.25, 0.3) is 0 Å². The van der Waals surface area contributed by atoms with Crippen LogP contribution in [0.1, 0.15) is 49.4 Å². The van der Waals surface area contributed by atoms with Gasteiger partial charge in [-0.25, -0.2) is 9.80 Å². The lowest BCUT2D eigenvalue weighted by atomic mass is 9.91. The highest BCUT2D eigenvalue weighted by Crippen LogP contribution is 2.41. The standard InChI is InChI=1S/C21H24N4O3/c1-3-4-9-23-21(26)25-13(2)16-10-18-19(28-12-27-18)11-17(16)20(24-25)14-5-7-15(22)8-6-14/h5-8,10-11,13H,3-4,9,12,22H2,1-2H3,(H,23,26). The largest absolute Gasteiger partial charge is 0.454 e. The molecule has 0 saturated carbocycles. The molecule has 2 amide bonds. The van der Waals surface area contributed by atoms with E-state index in [9.17, 15) is 4.79 Å². The summed E-state index contributed by atoms with van der Waals surface area (Å²) >= 11 is 0. The minimum absolute atomic E-state index is 0.197. The summed E-state index contributed by atoms with van der Waals surface area (Å²) in [5.41, 5.74) is 10.0. The lowest BCUT2D eigenvalue weighted by molar-refractivity contribution is 0.173. The highest BCUT2D eigenvalue weighted by molar-refractivity contribution is 6.15. The molecule has 7 heteroatoms. The van der Waals surface area contributed by atoms with Crippen LogP contribution in [0.2, 0.25) is 0 Å². The number of unbranched alkanes of at least 4 members (excludes halogenated alkanes) is 1. The van der Waals surface area contributed by atoms with E-state index in [2.05, 4.69) is 12.2 Å². The van der Waals surface area contributed by atoms with Crippen molar-refractivity contribution in [1.82, 2.24) is 10.3 Å². The van der Waals surface area contributed by atoms with Gasteiger partial charge in [-0.15, -0.1) is 0 Å². The smallest absolute Gasteiger partial charge is 0.338 e. The summed E-state index contributed by atoms with van der Waals surface area (Å²) in [4.78, 5) is 12.8. The molecule has 4 rings (SSSR count). The number of ether oxygens (including phenoxy) is 2. The first kappa shape index (κ1) is 18.2. The highest BCUT2D eigenvalue weighted by atomic mass is 16.7. The van der Waals surface area contributed by atoms with Crippen LogP contribution in [-0.4, -0.2) is 30.1 Å². The summed E-state index contributed by atoms with van der Waals surface area (Å²) in [5.74, 6) is 1.38. The Bertz CT molecular complexity index is 924. The van der Waals surface area contributed by atoms with Crippen molar-refractivity contribution in [3.63, 3.8) is 0 Å². The van der Waals surface area contributed by atoms with Crippen LogP contribution in [0.4, 0.5) is 10.5 Å². The van der Waals surface area contributed by atoms with Gasteiger partial charge in [-0.1, -0.05) is 25.5 Å². The predicted molar refractivity (Wildman–Crippen MR) is 108 cm³/mol. The second-order valence-electron chi connectivity index (χ2n) is 6.97. The molecule has 3 N–H and O–H groups in total. The molecule has 1 atom stereocenters. The number of anilines is 1. The molecule has 0 aliphatic carbocycles. The third-order valence-corrected chi connectivity index (χ3v) is 5.02. The Kier molecular flexibility index (Phi) is 4.81. The van der Waals surface area contributed by atoms with Crippen molar-refractivity contribution >= 4 is 17.4 Å². The molecular formula is C21H24N4O3. The minimum Gasteiger partial charge on any atom is -0.454 e. The van der Waals surface area contributed by atoms with E-state index in [0.717, 1.165) is 29.5 Å². The molecule has 2 aromatic carbocycles. The minimum atomic E-state index is -0.233. The average molecular weight is 380 g/mol. The first-order chi connectivity index (χ1) is 13.6.